The van der Waals surface area contributed by atoms with Crippen LogP contribution in [-0.2, 0) is 19.1 Å². The number of unbranched alkanes of at least 4 members (excludes halogenated alkanes) is 8. The summed E-state index contributed by atoms with van der Waals surface area (Å²) in [5.74, 6) is 0.330. The van der Waals surface area contributed by atoms with Crippen LogP contribution in [0.5, 0.6) is 0 Å². The zero-order chi connectivity index (χ0) is 17.2. The van der Waals surface area contributed by atoms with E-state index in [0.29, 0.717) is 25.4 Å². The number of hydrogen-bond donors (Lipinski definition) is 0. The van der Waals surface area contributed by atoms with Gasteiger partial charge in [0, 0.05) is 19.3 Å². The van der Waals surface area contributed by atoms with Gasteiger partial charge in [0.25, 0.3) is 0 Å². The zero-order valence-corrected chi connectivity index (χ0v) is 15.3. The standard InChI is InChI=1S/C20H34O4/c1-16-20(24-16)19(22)14-13-17(21)11-9-7-5-3-2-4-6-8-10-12-18-15-23-18/h16,18,20H,2-15H2,1H3. The first-order chi connectivity index (χ1) is 11.7. The fraction of sp³-hybridized carbons (Fsp3) is 0.900. The minimum Gasteiger partial charge on any atom is -0.373 e. The van der Waals surface area contributed by atoms with E-state index >= 15 is 0 Å². The summed E-state index contributed by atoms with van der Waals surface area (Å²) in [5, 5.41) is 0. The van der Waals surface area contributed by atoms with Gasteiger partial charge >= 0.3 is 0 Å². The third-order valence-corrected chi connectivity index (χ3v) is 5.06. The molecule has 3 unspecified atom stereocenters. The summed E-state index contributed by atoms with van der Waals surface area (Å²) in [6.45, 7) is 2.89. The fourth-order valence-electron chi connectivity index (χ4n) is 3.22. The molecular formula is C20H34O4. The number of ketones is 2. The number of hydrogen-bond acceptors (Lipinski definition) is 4. The lowest BCUT2D eigenvalue weighted by Gasteiger charge is -2.03. The first-order valence-corrected chi connectivity index (χ1v) is 9.98. The molecule has 0 saturated carbocycles. The second-order valence-electron chi connectivity index (χ2n) is 7.44. The van der Waals surface area contributed by atoms with Crippen LogP contribution in [0.2, 0.25) is 0 Å². The van der Waals surface area contributed by atoms with Crippen molar-refractivity contribution < 1.29 is 19.1 Å². The summed E-state index contributed by atoms with van der Waals surface area (Å²) >= 11 is 0. The van der Waals surface area contributed by atoms with Gasteiger partial charge in [-0.15, -0.1) is 0 Å². The Balaban J connectivity index is 1.28. The highest BCUT2D eigenvalue weighted by Crippen LogP contribution is 2.23. The van der Waals surface area contributed by atoms with Gasteiger partial charge in [0.05, 0.1) is 18.8 Å². The summed E-state index contributed by atoms with van der Waals surface area (Å²) in [5.41, 5.74) is 0. The maximum atomic E-state index is 11.8. The lowest BCUT2D eigenvalue weighted by atomic mass is 10.0. The molecule has 0 N–H and O–H groups in total. The van der Waals surface area contributed by atoms with Gasteiger partial charge in [-0.2, -0.15) is 0 Å². The van der Waals surface area contributed by atoms with E-state index in [9.17, 15) is 9.59 Å². The van der Waals surface area contributed by atoms with E-state index < -0.39 is 0 Å². The van der Waals surface area contributed by atoms with Gasteiger partial charge in [-0.05, 0) is 19.8 Å². The molecule has 2 rings (SSSR count). The number of rotatable bonds is 16. The van der Waals surface area contributed by atoms with E-state index in [-0.39, 0.29) is 23.8 Å². The Morgan fingerprint density at radius 3 is 1.92 bits per heavy atom. The predicted molar refractivity (Wildman–Crippen MR) is 94.1 cm³/mol. The Morgan fingerprint density at radius 2 is 1.38 bits per heavy atom. The number of ether oxygens (including phenoxy) is 2. The molecule has 2 heterocycles. The first-order valence-electron chi connectivity index (χ1n) is 9.98. The molecule has 0 spiro atoms. The van der Waals surface area contributed by atoms with Crippen molar-refractivity contribution in [2.24, 2.45) is 0 Å². The molecule has 0 amide bonds. The summed E-state index contributed by atoms with van der Waals surface area (Å²) in [7, 11) is 0. The van der Waals surface area contributed by atoms with E-state index in [1.807, 2.05) is 6.92 Å². The van der Waals surface area contributed by atoms with Crippen molar-refractivity contribution in [2.45, 2.75) is 109 Å². The van der Waals surface area contributed by atoms with Gasteiger partial charge in [-0.3, -0.25) is 9.59 Å². The summed E-state index contributed by atoms with van der Waals surface area (Å²) < 4.78 is 10.3. The molecule has 4 heteroatoms. The highest BCUT2D eigenvalue weighted by atomic mass is 16.6. The molecule has 0 radical (unpaired) electrons. The Labute approximate surface area is 146 Å². The van der Waals surface area contributed by atoms with Gasteiger partial charge in [-0.1, -0.05) is 51.4 Å². The molecule has 0 bridgehead atoms. The Kier molecular flexibility index (Phi) is 8.97. The molecule has 0 aromatic carbocycles. The van der Waals surface area contributed by atoms with Crippen molar-refractivity contribution in [1.82, 2.24) is 0 Å². The van der Waals surface area contributed by atoms with Gasteiger partial charge in [-0.25, -0.2) is 0 Å². The Morgan fingerprint density at radius 1 is 0.833 bits per heavy atom. The second kappa shape index (κ2) is 11.0. The van der Waals surface area contributed by atoms with Crippen LogP contribution >= 0.6 is 0 Å². The zero-order valence-electron chi connectivity index (χ0n) is 15.3. The van der Waals surface area contributed by atoms with Gasteiger partial charge in [0.2, 0.25) is 0 Å². The van der Waals surface area contributed by atoms with Crippen molar-refractivity contribution in [1.29, 1.82) is 0 Å². The van der Waals surface area contributed by atoms with Crippen LogP contribution in [0.15, 0.2) is 0 Å². The Bertz CT molecular complexity index is 389. The van der Waals surface area contributed by atoms with Crippen molar-refractivity contribution in [2.75, 3.05) is 6.61 Å². The molecule has 138 valence electrons. The van der Waals surface area contributed by atoms with Crippen molar-refractivity contribution >= 4 is 11.6 Å². The first kappa shape index (κ1) is 19.6. The number of carbonyl (C=O) groups excluding carboxylic acids is 2. The van der Waals surface area contributed by atoms with Gasteiger partial charge < -0.3 is 9.47 Å². The highest BCUT2D eigenvalue weighted by molar-refractivity contribution is 5.90. The fourth-order valence-corrected chi connectivity index (χ4v) is 3.22. The SMILES string of the molecule is CC1OC1C(=O)CCC(=O)CCCCCCCCCCCC1CO1. The van der Waals surface area contributed by atoms with Crippen LogP contribution in [0.25, 0.3) is 0 Å². The minimum atomic E-state index is -0.222. The third kappa shape index (κ3) is 8.93. The van der Waals surface area contributed by atoms with Crippen molar-refractivity contribution in [3.8, 4) is 0 Å². The number of epoxide rings is 2. The van der Waals surface area contributed by atoms with Crippen LogP contribution in [-0.4, -0.2) is 36.5 Å². The molecule has 3 atom stereocenters. The van der Waals surface area contributed by atoms with E-state index in [2.05, 4.69) is 0 Å². The summed E-state index contributed by atoms with van der Waals surface area (Å²) in [6.07, 6.45) is 14.4. The second-order valence-corrected chi connectivity index (χ2v) is 7.44. The molecule has 2 fully saturated rings. The normalized spacial score (nSPS) is 24.8. The molecular weight excluding hydrogens is 304 g/mol. The van der Waals surface area contributed by atoms with E-state index in [4.69, 9.17) is 9.47 Å². The Hall–Kier alpha value is -0.740. The maximum Gasteiger partial charge on any atom is 0.164 e. The van der Waals surface area contributed by atoms with Crippen LogP contribution in [0, 0.1) is 0 Å². The van der Waals surface area contributed by atoms with Gasteiger partial charge in [0.15, 0.2) is 5.78 Å². The topological polar surface area (TPSA) is 59.2 Å². The largest absolute Gasteiger partial charge is 0.373 e. The summed E-state index contributed by atoms with van der Waals surface area (Å²) in [6, 6.07) is 0. The lowest BCUT2D eigenvalue weighted by Crippen LogP contribution is -2.11. The van der Waals surface area contributed by atoms with Crippen molar-refractivity contribution in [3.63, 3.8) is 0 Å². The smallest absolute Gasteiger partial charge is 0.164 e. The molecule has 4 nitrogen and oxygen atoms in total. The van der Waals surface area contributed by atoms with E-state index in [0.717, 1.165) is 19.4 Å². The molecule has 0 aliphatic carbocycles. The van der Waals surface area contributed by atoms with Gasteiger partial charge in [0.1, 0.15) is 11.9 Å². The maximum absolute atomic E-state index is 11.8. The quantitative estimate of drug-likeness (QED) is 0.309. The van der Waals surface area contributed by atoms with Crippen LogP contribution in [0.1, 0.15) is 90.4 Å². The van der Waals surface area contributed by atoms with E-state index in [1.54, 1.807) is 0 Å². The third-order valence-electron chi connectivity index (χ3n) is 5.06. The molecule has 2 aliphatic rings. The number of Topliss-reactive ketones (excluding diaryl/α,β-unsaturated/α-hetero) is 2. The highest BCUT2D eigenvalue weighted by Gasteiger charge is 2.40. The predicted octanol–water partition coefficient (Wildman–Crippen LogP) is 4.38. The minimum absolute atomic E-state index is 0.0693. The average Bonchev–Trinajstić information content (AvgIpc) is 3.48. The van der Waals surface area contributed by atoms with Crippen LogP contribution in [0.4, 0.5) is 0 Å². The molecule has 0 aromatic rings. The molecule has 24 heavy (non-hydrogen) atoms. The van der Waals surface area contributed by atoms with Crippen molar-refractivity contribution in [3.05, 3.63) is 0 Å². The van der Waals surface area contributed by atoms with Crippen LogP contribution in [0.3, 0.4) is 0 Å². The molecule has 2 saturated heterocycles. The molecule has 2 aliphatic heterocycles. The van der Waals surface area contributed by atoms with E-state index in [1.165, 1.54) is 51.4 Å². The lowest BCUT2D eigenvalue weighted by molar-refractivity contribution is -0.124. The monoisotopic (exact) mass is 338 g/mol. The number of carbonyl (C=O) groups is 2. The van der Waals surface area contributed by atoms with Crippen LogP contribution < -0.4 is 0 Å². The summed E-state index contributed by atoms with van der Waals surface area (Å²) in [4.78, 5) is 23.4. The average molecular weight is 338 g/mol. The molecule has 0 aromatic heterocycles.